The topological polar surface area (TPSA) is 23.5 Å². The second-order valence-electron chi connectivity index (χ2n) is 4.19. The van der Waals surface area contributed by atoms with E-state index in [1.54, 1.807) is 4.90 Å². The molecule has 0 aromatic heterocycles. The van der Waals surface area contributed by atoms with Gasteiger partial charge in [0.05, 0.1) is 11.6 Å². The molecule has 1 N–H and O–H groups in total. The van der Waals surface area contributed by atoms with E-state index >= 15 is 0 Å². The van der Waals surface area contributed by atoms with Crippen LogP contribution in [0.5, 0.6) is 0 Å². The first-order valence-electron chi connectivity index (χ1n) is 5.27. The van der Waals surface area contributed by atoms with Gasteiger partial charge in [0.15, 0.2) is 0 Å². The predicted molar refractivity (Wildman–Crippen MR) is 53.3 cm³/mol. The minimum atomic E-state index is -2.57. The number of likely N-dealkylation sites (tertiary alicyclic amines) is 1. The van der Waals surface area contributed by atoms with Gasteiger partial charge in [-0.05, 0) is 25.0 Å². The van der Waals surface area contributed by atoms with Crippen molar-refractivity contribution in [3.63, 3.8) is 0 Å². The summed E-state index contributed by atoms with van der Waals surface area (Å²) < 4.78 is 27.1. The molecular formula is C11H15F2NO. The first-order chi connectivity index (χ1) is 7.03. The highest BCUT2D eigenvalue weighted by Gasteiger charge is 2.45. The second-order valence-corrected chi connectivity index (χ2v) is 4.19. The fourth-order valence-corrected chi connectivity index (χ4v) is 2.11. The Hall–Kier alpha value is -0.900. The van der Waals surface area contributed by atoms with Crippen molar-refractivity contribution in [2.24, 2.45) is 5.92 Å². The molecular weight excluding hydrogens is 200 g/mol. The smallest absolute Gasteiger partial charge is 0.256 e. The van der Waals surface area contributed by atoms with E-state index < -0.39 is 17.6 Å². The van der Waals surface area contributed by atoms with E-state index in [-0.39, 0.29) is 5.70 Å². The molecule has 2 rings (SSSR count). The first-order valence-corrected chi connectivity index (χ1v) is 5.27. The van der Waals surface area contributed by atoms with Crippen LogP contribution in [0.4, 0.5) is 8.78 Å². The minimum Gasteiger partial charge on any atom is -0.370 e. The summed E-state index contributed by atoms with van der Waals surface area (Å²) in [6.07, 6.45) is 4.58. The Morgan fingerprint density at radius 1 is 1.40 bits per heavy atom. The number of alkyl halides is 1. The zero-order valence-corrected chi connectivity index (χ0v) is 8.71. The number of halogens is 2. The lowest BCUT2D eigenvalue weighted by atomic mass is 9.92. The molecule has 2 aliphatic rings. The van der Waals surface area contributed by atoms with E-state index in [2.05, 4.69) is 0 Å². The van der Waals surface area contributed by atoms with Crippen LogP contribution in [0.2, 0.25) is 0 Å². The van der Waals surface area contributed by atoms with Crippen LogP contribution in [0.1, 0.15) is 19.8 Å². The van der Waals surface area contributed by atoms with Crippen LogP contribution in [0, 0.1) is 5.92 Å². The van der Waals surface area contributed by atoms with Gasteiger partial charge >= 0.3 is 0 Å². The monoisotopic (exact) mass is 215 g/mol. The maximum absolute atomic E-state index is 14.0. The Kier molecular flexibility index (Phi) is 2.54. The van der Waals surface area contributed by atoms with E-state index in [9.17, 15) is 13.9 Å². The standard InChI is InChI=1S/C11H15F2NO/c1-8-9(12)4-5-10(11(8,13)15)14-6-2-3-7-14/h4-5,8,15H,2-3,6-7H2,1H3. The quantitative estimate of drug-likeness (QED) is 0.724. The summed E-state index contributed by atoms with van der Waals surface area (Å²) in [7, 11) is 0. The Labute approximate surface area is 87.9 Å². The number of hydrogen-bond donors (Lipinski definition) is 1. The molecule has 15 heavy (non-hydrogen) atoms. The summed E-state index contributed by atoms with van der Waals surface area (Å²) in [6, 6.07) is 0. The van der Waals surface area contributed by atoms with Gasteiger partial charge in [0.25, 0.3) is 5.85 Å². The van der Waals surface area contributed by atoms with Gasteiger partial charge in [-0.1, -0.05) is 6.92 Å². The third-order valence-electron chi connectivity index (χ3n) is 3.19. The third kappa shape index (κ3) is 1.67. The lowest BCUT2D eigenvalue weighted by molar-refractivity contribution is -0.108. The van der Waals surface area contributed by atoms with Crippen LogP contribution in [0.3, 0.4) is 0 Å². The molecule has 0 amide bonds. The predicted octanol–water partition coefficient (Wildman–Crippen LogP) is 2.13. The highest BCUT2D eigenvalue weighted by atomic mass is 19.2. The SMILES string of the molecule is CC1C(F)=CC=C(N2CCCC2)C1(O)F. The van der Waals surface area contributed by atoms with E-state index in [4.69, 9.17) is 0 Å². The highest BCUT2D eigenvalue weighted by molar-refractivity contribution is 5.29. The Balaban J connectivity index is 2.29. The molecule has 0 saturated carbocycles. The van der Waals surface area contributed by atoms with Crippen molar-refractivity contribution in [1.82, 2.24) is 4.90 Å². The number of aliphatic hydroxyl groups is 1. The van der Waals surface area contributed by atoms with Gasteiger partial charge in [0.1, 0.15) is 5.83 Å². The van der Waals surface area contributed by atoms with Gasteiger partial charge in [-0.15, -0.1) is 0 Å². The van der Waals surface area contributed by atoms with Crippen LogP contribution in [-0.4, -0.2) is 29.0 Å². The summed E-state index contributed by atoms with van der Waals surface area (Å²) in [4.78, 5) is 1.79. The van der Waals surface area contributed by atoms with Gasteiger partial charge in [0, 0.05) is 13.1 Å². The van der Waals surface area contributed by atoms with E-state index in [1.165, 1.54) is 19.1 Å². The molecule has 1 aliphatic carbocycles. The van der Waals surface area contributed by atoms with Crippen LogP contribution < -0.4 is 0 Å². The largest absolute Gasteiger partial charge is 0.370 e. The first kappa shape index (κ1) is 10.6. The number of allylic oxidation sites excluding steroid dienone is 2. The summed E-state index contributed by atoms with van der Waals surface area (Å²) >= 11 is 0. The molecule has 0 radical (unpaired) electrons. The number of nitrogens with zero attached hydrogens (tertiary/aromatic N) is 1. The summed E-state index contributed by atoms with van der Waals surface area (Å²) in [5, 5.41) is 9.68. The van der Waals surface area contributed by atoms with E-state index in [0.29, 0.717) is 0 Å². The second kappa shape index (κ2) is 3.59. The lowest BCUT2D eigenvalue weighted by Crippen LogP contribution is -2.42. The Bertz CT molecular complexity index is 317. The van der Waals surface area contributed by atoms with Gasteiger partial charge in [-0.2, -0.15) is 0 Å². The fourth-order valence-electron chi connectivity index (χ4n) is 2.11. The molecule has 1 saturated heterocycles. The van der Waals surface area contributed by atoms with Crippen molar-refractivity contribution < 1.29 is 13.9 Å². The van der Waals surface area contributed by atoms with Gasteiger partial charge in [-0.3, -0.25) is 0 Å². The molecule has 2 unspecified atom stereocenters. The number of hydrogen-bond acceptors (Lipinski definition) is 2. The molecule has 0 aromatic rings. The normalized spacial score (nSPS) is 36.5. The molecule has 1 heterocycles. The highest BCUT2D eigenvalue weighted by Crippen LogP contribution is 2.39. The van der Waals surface area contributed by atoms with Crippen molar-refractivity contribution in [2.45, 2.75) is 25.6 Å². The van der Waals surface area contributed by atoms with E-state index in [1.807, 2.05) is 0 Å². The Morgan fingerprint density at radius 2 is 2.00 bits per heavy atom. The van der Waals surface area contributed by atoms with E-state index in [0.717, 1.165) is 25.9 Å². The molecule has 2 atom stereocenters. The Morgan fingerprint density at radius 3 is 2.60 bits per heavy atom. The van der Waals surface area contributed by atoms with Crippen LogP contribution >= 0.6 is 0 Å². The van der Waals surface area contributed by atoms with Crippen LogP contribution in [0.15, 0.2) is 23.7 Å². The zero-order chi connectivity index (χ0) is 11.1. The molecule has 4 heteroatoms. The minimum absolute atomic E-state index is 0.203. The molecule has 2 nitrogen and oxygen atoms in total. The summed E-state index contributed by atoms with van der Waals surface area (Å²) in [5.74, 6) is -4.29. The van der Waals surface area contributed by atoms with Crippen LogP contribution in [0.25, 0.3) is 0 Å². The molecule has 1 fully saturated rings. The van der Waals surface area contributed by atoms with Crippen molar-refractivity contribution >= 4 is 0 Å². The number of rotatable bonds is 1. The molecule has 0 spiro atoms. The fraction of sp³-hybridized carbons (Fsp3) is 0.636. The lowest BCUT2D eigenvalue weighted by Gasteiger charge is -2.35. The van der Waals surface area contributed by atoms with Gasteiger partial charge in [0.2, 0.25) is 0 Å². The zero-order valence-electron chi connectivity index (χ0n) is 8.71. The maximum atomic E-state index is 14.0. The average Bonchev–Trinajstić information content (AvgIpc) is 2.67. The van der Waals surface area contributed by atoms with Gasteiger partial charge in [-0.25, -0.2) is 8.78 Å². The molecule has 1 aliphatic heterocycles. The molecule has 0 aromatic carbocycles. The summed E-state index contributed by atoms with van der Waals surface area (Å²) in [5.41, 5.74) is 0.203. The molecule has 0 bridgehead atoms. The average molecular weight is 215 g/mol. The van der Waals surface area contributed by atoms with Crippen molar-refractivity contribution in [2.75, 3.05) is 13.1 Å². The maximum Gasteiger partial charge on any atom is 0.256 e. The van der Waals surface area contributed by atoms with Crippen molar-refractivity contribution in [3.05, 3.63) is 23.7 Å². The summed E-state index contributed by atoms with van der Waals surface area (Å²) in [6.45, 7) is 2.83. The third-order valence-corrected chi connectivity index (χ3v) is 3.19. The van der Waals surface area contributed by atoms with Crippen molar-refractivity contribution in [3.8, 4) is 0 Å². The van der Waals surface area contributed by atoms with Gasteiger partial charge < -0.3 is 10.0 Å². The van der Waals surface area contributed by atoms with Crippen molar-refractivity contribution in [1.29, 1.82) is 0 Å². The van der Waals surface area contributed by atoms with Crippen LogP contribution in [-0.2, 0) is 0 Å². The molecule has 84 valence electrons.